The van der Waals surface area contributed by atoms with Crippen LogP contribution in [0.15, 0.2) is 12.1 Å². The molecule has 0 bridgehead atoms. The highest BCUT2D eigenvalue weighted by Crippen LogP contribution is 2.35. The third-order valence-corrected chi connectivity index (χ3v) is 4.60. The van der Waals surface area contributed by atoms with E-state index in [1.54, 1.807) is 14.2 Å². The van der Waals surface area contributed by atoms with E-state index in [0.717, 1.165) is 55.3 Å². The van der Waals surface area contributed by atoms with Gasteiger partial charge >= 0.3 is 0 Å². The monoisotopic (exact) mass is 345 g/mol. The van der Waals surface area contributed by atoms with Gasteiger partial charge in [0.25, 0.3) is 0 Å². The first-order chi connectivity index (χ1) is 12.0. The summed E-state index contributed by atoms with van der Waals surface area (Å²) in [5.74, 6) is 3.03. The molecule has 0 amide bonds. The first kappa shape index (κ1) is 17.5. The molecule has 1 aromatic heterocycles. The lowest BCUT2D eigenvalue weighted by Crippen LogP contribution is -2.30. The topological polar surface area (TPSA) is 54.0 Å². The zero-order valence-electron chi connectivity index (χ0n) is 15.7. The van der Waals surface area contributed by atoms with Crippen molar-refractivity contribution < 1.29 is 9.47 Å². The van der Waals surface area contributed by atoms with Crippen molar-refractivity contribution in [1.82, 2.24) is 14.9 Å². The number of hydrogen-bond donors (Lipinski definition) is 0. The molecule has 0 atom stereocenters. The Bertz CT molecular complexity index is 750. The Morgan fingerprint density at radius 3 is 2.36 bits per heavy atom. The van der Waals surface area contributed by atoms with Crippen LogP contribution in [0.2, 0.25) is 0 Å². The second kappa shape index (κ2) is 7.31. The van der Waals surface area contributed by atoms with Gasteiger partial charge in [0, 0.05) is 45.2 Å². The molecule has 0 radical (unpaired) electrons. The molecule has 1 aliphatic heterocycles. The molecule has 1 aromatic carbocycles. The number of rotatable bonds is 4. The average Bonchev–Trinajstić information content (AvgIpc) is 2.83. The van der Waals surface area contributed by atoms with Gasteiger partial charge in [-0.1, -0.05) is 0 Å². The highest BCUT2D eigenvalue weighted by Gasteiger charge is 2.19. The van der Waals surface area contributed by atoms with E-state index in [9.17, 15) is 0 Å². The van der Waals surface area contributed by atoms with Crippen LogP contribution in [0.1, 0.15) is 6.42 Å². The van der Waals surface area contributed by atoms with Crippen LogP contribution in [0.25, 0.3) is 10.9 Å². The van der Waals surface area contributed by atoms with Crippen molar-refractivity contribution in [1.29, 1.82) is 0 Å². The molecule has 1 saturated heterocycles. The number of aromatic nitrogens is 2. The minimum atomic E-state index is 0.681. The molecule has 2 heterocycles. The van der Waals surface area contributed by atoms with Gasteiger partial charge in [-0.25, -0.2) is 4.98 Å². The molecule has 7 heteroatoms. The highest BCUT2D eigenvalue weighted by molar-refractivity contribution is 5.93. The minimum absolute atomic E-state index is 0.681. The molecule has 0 aliphatic carbocycles. The van der Waals surface area contributed by atoms with Crippen molar-refractivity contribution in [2.45, 2.75) is 6.42 Å². The molecule has 2 aromatic rings. The zero-order chi connectivity index (χ0) is 18.0. The van der Waals surface area contributed by atoms with Crippen LogP contribution >= 0.6 is 0 Å². The summed E-state index contributed by atoms with van der Waals surface area (Å²) in [6.45, 7) is 4.03. The second-order valence-electron chi connectivity index (χ2n) is 6.61. The summed E-state index contributed by atoms with van der Waals surface area (Å²) < 4.78 is 10.9. The summed E-state index contributed by atoms with van der Waals surface area (Å²) in [5.41, 5.74) is 0.865. The zero-order valence-corrected chi connectivity index (χ0v) is 15.7. The lowest BCUT2D eigenvalue weighted by Gasteiger charge is -2.23. The number of benzene rings is 1. The SMILES string of the molecule is COc1cc2nc(N3CCCN(C)CC3)nc(N(C)C)c2cc1OC. The largest absolute Gasteiger partial charge is 0.493 e. The molecule has 7 nitrogen and oxygen atoms in total. The smallest absolute Gasteiger partial charge is 0.227 e. The van der Waals surface area contributed by atoms with Crippen LogP contribution in [0.3, 0.4) is 0 Å². The number of ether oxygens (including phenoxy) is 2. The van der Waals surface area contributed by atoms with Crippen molar-refractivity contribution in [2.24, 2.45) is 0 Å². The fraction of sp³-hybridized carbons (Fsp3) is 0.556. The second-order valence-corrected chi connectivity index (χ2v) is 6.61. The number of likely N-dealkylation sites (N-methyl/N-ethyl adjacent to an activating group) is 1. The first-order valence-corrected chi connectivity index (χ1v) is 8.58. The maximum atomic E-state index is 5.44. The normalized spacial score (nSPS) is 16.0. The van der Waals surface area contributed by atoms with Gasteiger partial charge in [-0.2, -0.15) is 4.98 Å². The molecule has 0 unspecified atom stereocenters. The predicted octanol–water partition coefficient (Wildman–Crippen LogP) is 1.85. The number of anilines is 2. The number of nitrogens with zero attached hydrogens (tertiary/aromatic N) is 5. The Kier molecular flexibility index (Phi) is 5.13. The number of hydrogen-bond acceptors (Lipinski definition) is 7. The van der Waals surface area contributed by atoms with E-state index in [4.69, 9.17) is 19.4 Å². The highest BCUT2D eigenvalue weighted by atomic mass is 16.5. The lowest BCUT2D eigenvalue weighted by atomic mass is 10.2. The molecule has 3 rings (SSSR count). The fourth-order valence-corrected chi connectivity index (χ4v) is 3.16. The Labute approximate surface area is 149 Å². The first-order valence-electron chi connectivity index (χ1n) is 8.58. The maximum absolute atomic E-state index is 5.44. The van der Waals surface area contributed by atoms with E-state index >= 15 is 0 Å². The van der Waals surface area contributed by atoms with Crippen LogP contribution in [-0.4, -0.2) is 76.4 Å². The van der Waals surface area contributed by atoms with Gasteiger partial charge in [-0.15, -0.1) is 0 Å². The van der Waals surface area contributed by atoms with Crippen LogP contribution < -0.4 is 19.3 Å². The van der Waals surface area contributed by atoms with Crippen molar-refractivity contribution in [2.75, 3.05) is 71.3 Å². The molecule has 1 fully saturated rings. The van der Waals surface area contributed by atoms with E-state index in [1.807, 2.05) is 31.1 Å². The maximum Gasteiger partial charge on any atom is 0.227 e. The predicted molar refractivity (Wildman–Crippen MR) is 101 cm³/mol. The van der Waals surface area contributed by atoms with Crippen molar-refractivity contribution >= 4 is 22.7 Å². The quantitative estimate of drug-likeness (QED) is 0.838. The van der Waals surface area contributed by atoms with E-state index < -0.39 is 0 Å². The molecule has 0 saturated carbocycles. The van der Waals surface area contributed by atoms with Gasteiger partial charge < -0.3 is 24.2 Å². The van der Waals surface area contributed by atoms with Crippen molar-refractivity contribution in [3.05, 3.63) is 12.1 Å². The number of fused-ring (bicyclic) bond motifs is 1. The third-order valence-electron chi connectivity index (χ3n) is 4.60. The Hall–Kier alpha value is -2.28. The van der Waals surface area contributed by atoms with Gasteiger partial charge in [0.2, 0.25) is 5.95 Å². The standard InChI is InChI=1S/C18H27N5O2/c1-21(2)17-13-11-15(24-4)16(25-5)12-14(13)19-18(20-17)23-8-6-7-22(3)9-10-23/h11-12H,6-10H2,1-5H3. The van der Waals surface area contributed by atoms with Crippen LogP contribution in [-0.2, 0) is 0 Å². The summed E-state index contributed by atoms with van der Waals surface area (Å²) in [7, 11) is 9.44. The van der Waals surface area contributed by atoms with E-state index in [2.05, 4.69) is 16.8 Å². The van der Waals surface area contributed by atoms with E-state index in [-0.39, 0.29) is 0 Å². The lowest BCUT2D eigenvalue weighted by molar-refractivity contribution is 0.356. The van der Waals surface area contributed by atoms with Gasteiger partial charge in [0.1, 0.15) is 5.82 Å². The molecule has 1 aliphatic rings. The Balaban J connectivity index is 2.11. The number of methoxy groups -OCH3 is 2. The minimum Gasteiger partial charge on any atom is -0.493 e. The van der Waals surface area contributed by atoms with Crippen molar-refractivity contribution in [3.8, 4) is 11.5 Å². The fourth-order valence-electron chi connectivity index (χ4n) is 3.16. The van der Waals surface area contributed by atoms with Gasteiger partial charge in [0.05, 0.1) is 19.7 Å². The van der Waals surface area contributed by atoms with Crippen LogP contribution in [0, 0.1) is 0 Å². The molecule has 0 N–H and O–H groups in total. The third kappa shape index (κ3) is 3.56. The van der Waals surface area contributed by atoms with Crippen LogP contribution in [0.4, 0.5) is 11.8 Å². The average molecular weight is 345 g/mol. The summed E-state index contributed by atoms with van der Waals surface area (Å²) in [6.07, 6.45) is 1.11. The van der Waals surface area contributed by atoms with Gasteiger partial charge in [-0.3, -0.25) is 0 Å². The molecular weight excluding hydrogens is 318 g/mol. The molecule has 0 spiro atoms. The Morgan fingerprint density at radius 1 is 0.960 bits per heavy atom. The van der Waals surface area contributed by atoms with Crippen LogP contribution in [0.5, 0.6) is 11.5 Å². The van der Waals surface area contributed by atoms with Gasteiger partial charge in [0.15, 0.2) is 11.5 Å². The summed E-state index contributed by atoms with van der Waals surface area (Å²) in [6, 6.07) is 3.87. The Morgan fingerprint density at radius 2 is 1.68 bits per heavy atom. The molecular formula is C18H27N5O2. The van der Waals surface area contributed by atoms with Gasteiger partial charge in [-0.05, 0) is 26.1 Å². The molecule has 25 heavy (non-hydrogen) atoms. The summed E-state index contributed by atoms with van der Waals surface area (Å²) >= 11 is 0. The molecule has 136 valence electrons. The van der Waals surface area contributed by atoms with E-state index in [0.29, 0.717) is 11.5 Å². The van der Waals surface area contributed by atoms with E-state index in [1.165, 1.54) is 0 Å². The summed E-state index contributed by atoms with van der Waals surface area (Å²) in [4.78, 5) is 16.3. The summed E-state index contributed by atoms with van der Waals surface area (Å²) in [5, 5.41) is 0.957. The van der Waals surface area contributed by atoms with Crippen molar-refractivity contribution in [3.63, 3.8) is 0 Å².